The van der Waals surface area contributed by atoms with Crippen molar-refractivity contribution < 1.29 is 9.53 Å². The van der Waals surface area contributed by atoms with Crippen molar-refractivity contribution in [3.8, 4) is 11.4 Å². The molecule has 144 valence electrons. The van der Waals surface area contributed by atoms with Gasteiger partial charge in [0.15, 0.2) is 5.82 Å². The van der Waals surface area contributed by atoms with Crippen LogP contribution in [0.2, 0.25) is 5.02 Å². The van der Waals surface area contributed by atoms with Gasteiger partial charge < -0.3 is 9.64 Å². The topological polar surface area (TPSA) is 83.1 Å². The number of anilines is 1. The average Bonchev–Trinajstić information content (AvgIpc) is 3.17. The first-order valence-electron chi connectivity index (χ1n) is 9.01. The van der Waals surface area contributed by atoms with Crippen LogP contribution in [-0.2, 0) is 4.74 Å². The number of hydrogen-bond donors (Lipinski definition) is 2. The maximum atomic E-state index is 12.7. The molecule has 0 aliphatic carbocycles. The minimum Gasteiger partial charge on any atom is -0.370 e. The van der Waals surface area contributed by atoms with E-state index in [2.05, 4.69) is 20.5 Å². The second kappa shape index (κ2) is 8.00. The fourth-order valence-electron chi connectivity index (χ4n) is 3.17. The highest BCUT2D eigenvalue weighted by Gasteiger charge is 2.27. The lowest BCUT2D eigenvalue weighted by atomic mass is 10.1. The summed E-state index contributed by atoms with van der Waals surface area (Å²) in [6, 6.07) is 15.1. The van der Waals surface area contributed by atoms with Crippen molar-refractivity contribution in [2.45, 2.75) is 13.0 Å². The molecule has 2 amide bonds. The second-order valence-electron chi connectivity index (χ2n) is 6.63. The van der Waals surface area contributed by atoms with E-state index in [1.807, 2.05) is 55.5 Å². The van der Waals surface area contributed by atoms with Gasteiger partial charge in [0.2, 0.25) is 5.95 Å². The zero-order valence-corrected chi connectivity index (χ0v) is 16.1. The highest BCUT2D eigenvalue weighted by atomic mass is 35.5. The number of benzene rings is 2. The van der Waals surface area contributed by atoms with E-state index in [1.54, 1.807) is 4.90 Å². The van der Waals surface area contributed by atoms with E-state index in [1.165, 1.54) is 0 Å². The number of amides is 2. The van der Waals surface area contributed by atoms with E-state index < -0.39 is 0 Å². The highest BCUT2D eigenvalue weighted by Crippen LogP contribution is 2.28. The molecule has 1 saturated heterocycles. The lowest BCUT2D eigenvalue weighted by Crippen LogP contribution is -2.44. The van der Waals surface area contributed by atoms with Gasteiger partial charge in [-0.3, -0.25) is 10.4 Å². The molecule has 1 atom stereocenters. The molecule has 1 fully saturated rings. The normalized spacial score (nSPS) is 16.8. The van der Waals surface area contributed by atoms with Crippen LogP contribution in [0.4, 0.5) is 10.7 Å². The van der Waals surface area contributed by atoms with Crippen LogP contribution in [0.5, 0.6) is 0 Å². The maximum absolute atomic E-state index is 12.7. The highest BCUT2D eigenvalue weighted by molar-refractivity contribution is 6.31. The molecule has 0 bridgehead atoms. The van der Waals surface area contributed by atoms with Crippen molar-refractivity contribution >= 4 is 23.6 Å². The van der Waals surface area contributed by atoms with E-state index in [-0.39, 0.29) is 18.1 Å². The molecule has 3 aromatic rings. The quantitative estimate of drug-likeness (QED) is 0.698. The van der Waals surface area contributed by atoms with Gasteiger partial charge in [0.25, 0.3) is 0 Å². The number of urea groups is 1. The predicted molar refractivity (Wildman–Crippen MR) is 107 cm³/mol. The van der Waals surface area contributed by atoms with Crippen LogP contribution < -0.4 is 5.32 Å². The lowest BCUT2D eigenvalue weighted by Gasteiger charge is -2.33. The number of nitrogens with one attached hydrogen (secondary N) is 2. The molecule has 28 heavy (non-hydrogen) atoms. The molecule has 7 nitrogen and oxygen atoms in total. The number of aromatic nitrogens is 3. The van der Waals surface area contributed by atoms with Crippen molar-refractivity contribution in [1.29, 1.82) is 0 Å². The zero-order chi connectivity index (χ0) is 19.5. The van der Waals surface area contributed by atoms with Crippen LogP contribution in [-0.4, -0.2) is 45.8 Å². The molecule has 2 heterocycles. The fourth-order valence-corrected chi connectivity index (χ4v) is 3.43. The van der Waals surface area contributed by atoms with Crippen molar-refractivity contribution in [1.82, 2.24) is 20.1 Å². The van der Waals surface area contributed by atoms with Crippen LogP contribution in [0, 0.1) is 6.92 Å². The zero-order valence-electron chi connectivity index (χ0n) is 15.4. The standard InChI is InChI=1S/C20H20ClN5O2/c1-13-5-4-6-14(11-13)18-22-19(25-24-18)23-20(27)26-9-10-28-17(12-26)15-7-2-3-8-16(15)21/h2-8,11,17H,9-10,12H2,1H3,(H2,22,23,24,25,27). The summed E-state index contributed by atoms with van der Waals surface area (Å²) in [5.41, 5.74) is 2.91. The van der Waals surface area contributed by atoms with Gasteiger partial charge in [-0.25, -0.2) is 4.79 Å². The van der Waals surface area contributed by atoms with E-state index >= 15 is 0 Å². The van der Waals surface area contributed by atoms with E-state index in [4.69, 9.17) is 16.3 Å². The Hall–Kier alpha value is -2.90. The largest absolute Gasteiger partial charge is 0.370 e. The number of H-pyrrole nitrogens is 1. The molecule has 1 aromatic heterocycles. The Kier molecular flexibility index (Phi) is 5.27. The van der Waals surface area contributed by atoms with Gasteiger partial charge >= 0.3 is 6.03 Å². The number of rotatable bonds is 3. The molecule has 0 saturated carbocycles. The summed E-state index contributed by atoms with van der Waals surface area (Å²) in [7, 11) is 0. The van der Waals surface area contributed by atoms with Gasteiger partial charge in [-0.2, -0.15) is 4.98 Å². The van der Waals surface area contributed by atoms with Crippen LogP contribution in [0.3, 0.4) is 0 Å². The molecule has 1 unspecified atom stereocenters. The number of morpholine rings is 1. The first kappa shape index (κ1) is 18.5. The molecule has 2 aromatic carbocycles. The van der Waals surface area contributed by atoms with Crippen LogP contribution in [0.15, 0.2) is 48.5 Å². The van der Waals surface area contributed by atoms with Gasteiger partial charge in [-0.05, 0) is 19.1 Å². The van der Waals surface area contributed by atoms with E-state index in [0.29, 0.717) is 30.5 Å². The summed E-state index contributed by atoms with van der Waals surface area (Å²) >= 11 is 6.26. The van der Waals surface area contributed by atoms with E-state index in [9.17, 15) is 4.79 Å². The molecule has 4 rings (SSSR count). The third-order valence-corrected chi connectivity index (χ3v) is 4.95. The number of carbonyl (C=O) groups excluding carboxylic acids is 1. The Morgan fingerprint density at radius 3 is 2.96 bits per heavy atom. The number of nitrogens with zero attached hydrogens (tertiary/aromatic N) is 3. The summed E-state index contributed by atoms with van der Waals surface area (Å²) in [5, 5.41) is 10.3. The van der Waals surface area contributed by atoms with Crippen molar-refractivity contribution in [2.75, 3.05) is 25.0 Å². The lowest BCUT2D eigenvalue weighted by molar-refractivity contribution is -0.0134. The minimum atomic E-state index is -0.268. The van der Waals surface area contributed by atoms with Gasteiger partial charge in [0, 0.05) is 22.7 Å². The summed E-state index contributed by atoms with van der Waals surface area (Å²) in [6.45, 7) is 3.34. The average molecular weight is 398 g/mol. The predicted octanol–water partition coefficient (Wildman–Crippen LogP) is 4.04. The molecule has 2 N–H and O–H groups in total. The molecule has 8 heteroatoms. The van der Waals surface area contributed by atoms with Crippen molar-refractivity contribution in [3.05, 3.63) is 64.7 Å². The molecule has 1 aliphatic rings. The molecule has 1 aliphatic heterocycles. The Labute approximate surface area is 167 Å². The van der Waals surface area contributed by atoms with Crippen molar-refractivity contribution in [3.63, 3.8) is 0 Å². The first-order chi connectivity index (χ1) is 13.6. The SMILES string of the molecule is Cc1cccc(-c2nc(NC(=O)N3CCOC(c4ccccc4Cl)C3)n[nH]2)c1. The van der Waals surface area contributed by atoms with Gasteiger partial charge in [0.05, 0.1) is 13.2 Å². The third-order valence-electron chi connectivity index (χ3n) is 4.60. The molecular formula is C20H20ClN5O2. The van der Waals surface area contributed by atoms with Crippen LogP contribution >= 0.6 is 11.6 Å². The number of aryl methyl sites for hydroxylation is 1. The Bertz CT molecular complexity index is 990. The smallest absolute Gasteiger partial charge is 0.324 e. The Morgan fingerprint density at radius 1 is 1.29 bits per heavy atom. The van der Waals surface area contributed by atoms with Crippen molar-refractivity contribution in [2.24, 2.45) is 0 Å². The van der Waals surface area contributed by atoms with E-state index in [0.717, 1.165) is 16.7 Å². The fraction of sp³-hybridized carbons (Fsp3) is 0.250. The third kappa shape index (κ3) is 4.00. The Balaban J connectivity index is 1.43. The number of carbonyl (C=O) groups is 1. The monoisotopic (exact) mass is 397 g/mol. The van der Waals surface area contributed by atoms with Crippen LogP contribution in [0.25, 0.3) is 11.4 Å². The van der Waals surface area contributed by atoms with Gasteiger partial charge in [-0.15, -0.1) is 5.10 Å². The second-order valence-corrected chi connectivity index (χ2v) is 7.04. The first-order valence-corrected chi connectivity index (χ1v) is 9.39. The minimum absolute atomic E-state index is 0.238. The van der Waals surface area contributed by atoms with Crippen LogP contribution in [0.1, 0.15) is 17.2 Å². The number of hydrogen-bond acceptors (Lipinski definition) is 4. The summed E-state index contributed by atoms with van der Waals surface area (Å²) in [6.07, 6.45) is -0.261. The maximum Gasteiger partial charge on any atom is 0.324 e. The molecule has 0 spiro atoms. The number of halogens is 1. The number of ether oxygens (including phenoxy) is 1. The molecule has 0 radical (unpaired) electrons. The summed E-state index contributed by atoms with van der Waals surface area (Å²) in [5.74, 6) is 0.845. The molecular weight excluding hydrogens is 378 g/mol. The summed E-state index contributed by atoms with van der Waals surface area (Å²) in [4.78, 5) is 18.7. The number of aromatic amines is 1. The van der Waals surface area contributed by atoms with Gasteiger partial charge in [0.1, 0.15) is 6.10 Å². The van der Waals surface area contributed by atoms with Gasteiger partial charge in [-0.1, -0.05) is 53.6 Å². The Morgan fingerprint density at radius 2 is 2.14 bits per heavy atom. The summed E-state index contributed by atoms with van der Waals surface area (Å²) < 4.78 is 5.81.